The third kappa shape index (κ3) is 1.75. The average Bonchev–Trinajstić information content (AvgIpc) is 2.05. The SMILES string of the molecule is Cc1ncc(CF)cc1C(F)F. The van der Waals surface area contributed by atoms with Crippen LogP contribution in [0.25, 0.3) is 0 Å². The highest BCUT2D eigenvalue weighted by Crippen LogP contribution is 2.22. The van der Waals surface area contributed by atoms with Gasteiger partial charge in [0.15, 0.2) is 0 Å². The Hall–Kier alpha value is -1.06. The zero-order valence-corrected chi connectivity index (χ0v) is 6.52. The number of alkyl halides is 3. The first-order chi connectivity index (χ1) is 5.65. The molecule has 0 spiro atoms. The first-order valence-corrected chi connectivity index (χ1v) is 3.44. The van der Waals surface area contributed by atoms with Crippen molar-refractivity contribution in [3.8, 4) is 0 Å². The number of nitrogens with zero attached hydrogens (tertiary/aromatic N) is 1. The summed E-state index contributed by atoms with van der Waals surface area (Å²) in [6.07, 6.45) is -1.31. The summed E-state index contributed by atoms with van der Waals surface area (Å²) in [6, 6.07) is 1.15. The van der Waals surface area contributed by atoms with Gasteiger partial charge in [0.2, 0.25) is 0 Å². The second-order valence-corrected chi connectivity index (χ2v) is 2.45. The monoisotopic (exact) mass is 175 g/mol. The summed E-state index contributed by atoms with van der Waals surface area (Å²) in [5.74, 6) is 0. The van der Waals surface area contributed by atoms with E-state index in [0.29, 0.717) is 0 Å². The summed E-state index contributed by atoms with van der Waals surface area (Å²) in [4.78, 5) is 3.65. The van der Waals surface area contributed by atoms with E-state index in [1.54, 1.807) is 0 Å². The van der Waals surface area contributed by atoms with Crippen LogP contribution in [0.3, 0.4) is 0 Å². The minimum atomic E-state index is -2.58. The van der Waals surface area contributed by atoms with Gasteiger partial charge in [0.05, 0.1) is 0 Å². The Morgan fingerprint density at radius 2 is 2.17 bits per heavy atom. The standard InChI is InChI=1S/C8H8F3N/c1-5-7(8(10)11)2-6(3-9)4-12-5/h2,4,8H,3H2,1H3. The maximum absolute atomic E-state index is 12.2. The summed E-state index contributed by atoms with van der Waals surface area (Å²) in [5, 5.41) is 0. The molecule has 12 heavy (non-hydrogen) atoms. The lowest BCUT2D eigenvalue weighted by Gasteiger charge is -2.04. The molecule has 0 unspecified atom stereocenters. The van der Waals surface area contributed by atoms with Crippen LogP contribution in [0.1, 0.15) is 23.2 Å². The predicted molar refractivity (Wildman–Crippen MR) is 38.7 cm³/mol. The second kappa shape index (κ2) is 3.56. The van der Waals surface area contributed by atoms with Crippen molar-refractivity contribution in [2.24, 2.45) is 0 Å². The van der Waals surface area contributed by atoms with Crippen LogP contribution in [0.4, 0.5) is 13.2 Å². The van der Waals surface area contributed by atoms with Crippen molar-refractivity contribution >= 4 is 0 Å². The number of pyridine rings is 1. The van der Waals surface area contributed by atoms with Gasteiger partial charge in [-0.25, -0.2) is 13.2 Å². The van der Waals surface area contributed by atoms with Gasteiger partial charge >= 0.3 is 0 Å². The molecule has 1 rings (SSSR count). The van der Waals surface area contributed by atoms with Crippen molar-refractivity contribution < 1.29 is 13.2 Å². The number of aryl methyl sites for hydroxylation is 1. The molecule has 0 amide bonds. The van der Waals surface area contributed by atoms with Crippen LogP contribution in [-0.2, 0) is 6.67 Å². The van der Waals surface area contributed by atoms with E-state index in [-0.39, 0.29) is 16.8 Å². The van der Waals surface area contributed by atoms with Crippen molar-refractivity contribution in [3.05, 3.63) is 29.1 Å². The fourth-order valence-electron chi connectivity index (χ4n) is 0.890. The van der Waals surface area contributed by atoms with Gasteiger partial charge in [-0.2, -0.15) is 0 Å². The number of rotatable bonds is 2. The fourth-order valence-corrected chi connectivity index (χ4v) is 0.890. The summed E-state index contributed by atoms with van der Waals surface area (Å²) in [5.41, 5.74) is 0.253. The first kappa shape index (κ1) is 9.03. The molecule has 0 atom stereocenters. The summed E-state index contributed by atoms with van der Waals surface area (Å²) in [6.45, 7) is 0.719. The molecule has 0 aliphatic rings. The predicted octanol–water partition coefficient (Wildman–Crippen LogP) is 2.80. The van der Waals surface area contributed by atoms with Gasteiger partial charge in [-0.15, -0.1) is 0 Å². The average molecular weight is 175 g/mol. The molecule has 0 saturated carbocycles. The molecule has 0 bridgehead atoms. The van der Waals surface area contributed by atoms with Gasteiger partial charge in [0.1, 0.15) is 6.67 Å². The van der Waals surface area contributed by atoms with Gasteiger partial charge in [-0.05, 0) is 13.0 Å². The lowest BCUT2D eigenvalue weighted by atomic mass is 10.1. The van der Waals surface area contributed by atoms with E-state index in [4.69, 9.17) is 0 Å². The molecule has 1 heterocycles. The minimum Gasteiger partial charge on any atom is -0.261 e. The number of halogens is 3. The largest absolute Gasteiger partial charge is 0.265 e. The Balaban J connectivity index is 3.08. The smallest absolute Gasteiger partial charge is 0.261 e. The maximum atomic E-state index is 12.2. The zero-order valence-electron chi connectivity index (χ0n) is 6.52. The molecular weight excluding hydrogens is 167 g/mol. The lowest BCUT2D eigenvalue weighted by Crippen LogP contribution is -1.95. The maximum Gasteiger partial charge on any atom is 0.265 e. The van der Waals surface area contributed by atoms with Crippen LogP contribution in [0, 0.1) is 6.92 Å². The quantitative estimate of drug-likeness (QED) is 0.673. The highest BCUT2D eigenvalue weighted by molar-refractivity contribution is 5.25. The highest BCUT2D eigenvalue weighted by Gasteiger charge is 2.11. The van der Waals surface area contributed by atoms with Crippen molar-refractivity contribution in [1.29, 1.82) is 0 Å². The van der Waals surface area contributed by atoms with Gasteiger partial charge in [0.25, 0.3) is 6.43 Å². The van der Waals surface area contributed by atoms with E-state index in [9.17, 15) is 13.2 Å². The number of hydrogen-bond acceptors (Lipinski definition) is 1. The third-order valence-electron chi connectivity index (χ3n) is 1.57. The van der Waals surface area contributed by atoms with E-state index < -0.39 is 13.1 Å². The molecule has 0 fully saturated rings. The van der Waals surface area contributed by atoms with E-state index in [0.717, 1.165) is 6.07 Å². The first-order valence-electron chi connectivity index (χ1n) is 3.44. The lowest BCUT2D eigenvalue weighted by molar-refractivity contribution is 0.150. The molecule has 4 heteroatoms. The molecule has 0 aromatic carbocycles. The van der Waals surface area contributed by atoms with Crippen LogP contribution in [0.2, 0.25) is 0 Å². The van der Waals surface area contributed by atoms with Crippen molar-refractivity contribution in [2.75, 3.05) is 0 Å². The normalized spacial score (nSPS) is 10.8. The molecule has 0 N–H and O–H groups in total. The minimum absolute atomic E-state index is 0.190. The Morgan fingerprint density at radius 1 is 1.50 bits per heavy atom. The Labute approximate surface area is 68.2 Å². The van der Waals surface area contributed by atoms with E-state index in [2.05, 4.69) is 4.98 Å². The van der Waals surface area contributed by atoms with E-state index in [1.807, 2.05) is 0 Å². The molecule has 1 aromatic rings. The molecule has 1 aromatic heterocycles. The molecule has 0 aliphatic heterocycles. The summed E-state index contributed by atoms with van der Waals surface area (Å²) in [7, 11) is 0. The second-order valence-electron chi connectivity index (χ2n) is 2.45. The summed E-state index contributed by atoms with van der Waals surface area (Å²) >= 11 is 0. The highest BCUT2D eigenvalue weighted by atomic mass is 19.3. The van der Waals surface area contributed by atoms with Gasteiger partial charge in [-0.1, -0.05) is 0 Å². The Kier molecular flexibility index (Phi) is 2.68. The van der Waals surface area contributed by atoms with Gasteiger partial charge in [-0.3, -0.25) is 4.98 Å². The fraction of sp³-hybridized carbons (Fsp3) is 0.375. The topological polar surface area (TPSA) is 12.9 Å². The number of hydrogen-bond donors (Lipinski definition) is 0. The van der Waals surface area contributed by atoms with Crippen LogP contribution >= 0.6 is 0 Å². The van der Waals surface area contributed by atoms with Crippen LogP contribution < -0.4 is 0 Å². The third-order valence-corrected chi connectivity index (χ3v) is 1.57. The molecule has 0 saturated heterocycles. The van der Waals surface area contributed by atoms with Crippen molar-refractivity contribution in [3.63, 3.8) is 0 Å². The molecular formula is C8H8F3N. The van der Waals surface area contributed by atoms with Crippen molar-refractivity contribution in [2.45, 2.75) is 20.0 Å². The molecule has 66 valence electrons. The van der Waals surface area contributed by atoms with Gasteiger partial charge in [0, 0.05) is 23.0 Å². The Morgan fingerprint density at radius 3 is 2.67 bits per heavy atom. The van der Waals surface area contributed by atoms with E-state index in [1.165, 1.54) is 13.1 Å². The van der Waals surface area contributed by atoms with Crippen LogP contribution in [-0.4, -0.2) is 4.98 Å². The zero-order chi connectivity index (χ0) is 9.14. The molecule has 0 radical (unpaired) electrons. The van der Waals surface area contributed by atoms with E-state index >= 15 is 0 Å². The molecule has 0 aliphatic carbocycles. The summed E-state index contributed by atoms with van der Waals surface area (Å²) < 4.78 is 36.4. The Bertz CT molecular complexity index is 273. The number of aromatic nitrogens is 1. The van der Waals surface area contributed by atoms with Crippen molar-refractivity contribution in [1.82, 2.24) is 4.98 Å². The molecule has 1 nitrogen and oxygen atoms in total. The van der Waals surface area contributed by atoms with Gasteiger partial charge < -0.3 is 0 Å². The van der Waals surface area contributed by atoms with Crippen LogP contribution in [0.15, 0.2) is 12.3 Å². The van der Waals surface area contributed by atoms with Crippen LogP contribution in [0.5, 0.6) is 0 Å².